The number of aliphatic hydroxyl groups is 3. The number of fused-ring (bicyclic) bond motifs is 1. The van der Waals surface area contributed by atoms with Gasteiger partial charge in [0.15, 0.2) is 17.3 Å². The molecule has 1 aliphatic heterocycles. The minimum absolute atomic E-state index is 0.0135. The molecule has 182 valence electrons. The first-order chi connectivity index (χ1) is 16.3. The summed E-state index contributed by atoms with van der Waals surface area (Å²) in [5, 5.41) is 40.3. The van der Waals surface area contributed by atoms with Crippen molar-refractivity contribution < 1.29 is 48.5 Å². The summed E-state index contributed by atoms with van der Waals surface area (Å²) in [6.07, 6.45) is -6.06. The van der Waals surface area contributed by atoms with Crippen LogP contribution in [0.5, 0.6) is 28.7 Å². The number of ether oxygens (including phenoxy) is 5. The molecule has 1 aromatic heterocycles. The molecule has 4 atom stereocenters. The Kier molecular flexibility index (Phi) is 6.53. The topological polar surface area (TPSA) is 157 Å². The predicted molar refractivity (Wildman–Crippen MR) is 118 cm³/mol. The molecule has 2 heterocycles. The maximum Gasteiger partial charge on any atom is 0.239 e. The molecule has 1 fully saturated rings. The standard InChI is InChI=1S/C23H24O11/c1-29-11-7-12(24)17-16(8-11)33-21(10-4-5-14(30-2)15(6-10)31-3)22(19(17)27)34-23-20(28)18(26)13(25)9-32-23/h4-8,13,18,20,23-26,28H,9H2,1-3H3/t13-,18?,20?,23-/m0/s1. The van der Waals surface area contributed by atoms with Gasteiger partial charge in [0.25, 0.3) is 0 Å². The van der Waals surface area contributed by atoms with Gasteiger partial charge in [0.1, 0.15) is 40.8 Å². The van der Waals surface area contributed by atoms with Crippen molar-refractivity contribution in [1.82, 2.24) is 0 Å². The van der Waals surface area contributed by atoms with Crippen LogP contribution in [-0.2, 0) is 4.74 Å². The van der Waals surface area contributed by atoms with Crippen LogP contribution in [-0.4, -0.2) is 73.0 Å². The van der Waals surface area contributed by atoms with Crippen molar-refractivity contribution in [3.8, 4) is 40.1 Å². The van der Waals surface area contributed by atoms with Gasteiger partial charge in [0.05, 0.1) is 27.9 Å². The highest BCUT2D eigenvalue weighted by Gasteiger charge is 2.40. The summed E-state index contributed by atoms with van der Waals surface area (Å²) in [7, 11) is 4.31. The maximum atomic E-state index is 13.5. The number of hydrogen-bond donors (Lipinski definition) is 4. The Morgan fingerprint density at radius 1 is 0.941 bits per heavy atom. The fourth-order valence-corrected chi connectivity index (χ4v) is 3.65. The van der Waals surface area contributed by atoms with Gasteiger partial charge in [0.2, 0.25) is 17.5 Å². The molecule has 0 spiro atoms. The molecule has 2 aromatic carbocycles. The van der Waals surface area contributed by atoms with Crippen LogP contribution in [0.2, 0.25) is 0 Å². The smallest absolute Gasteiger partial charge is 0.239 e. The van der Waals surface area contributed by atoms with E-state index < -0.39 is 41.5 Å². The lowest BCUT2D eigenvalue weighted by Crippen LogP contribution is -2.55. The second-order valence-corrected chi connectivity index (χ2v) is 7.55. The Morgan fingerprint density at radius 3 is 2.35 bits per heavy atom. The monoisotopic (exact) mass is 476 g/mol. The molecule has 0 saturated carbocycles. The number of aromatic hydroxyl groups is 1. The lowest BCUT2D eigenvalue weighted by molar-refractivity contribution is -0.242. The van der Waals surface area contributed by atoms with Crippen LogP contribution in [0.1, 0.15) is 0 Å². The summed E-state index contributed by atoms with van der Waals surface area (Å²) >= 11 is 0. The van der Waals surface area contributed by atoms with Crippen LogP contribution in [0.15, 0.2) is 39.5 Å². The third kappa shape index (κ3) is 4.10. The third-order valence-corrected chi connectivity index (χ3v) is 5.48. The highest BCUT2D eigenvalue weighted by Crippen LogP contribution is 2.39. The van der Waals surface area contributed by atoms with Gasteiger partial charge in [-0.05, 0) is 18.2 Å². The zero-order valence-corrected chi connectivity index (χ0v) is 18.5. The normalized spacial score (nSPS) is 22.4. The van der Waals surface area contributed by atoms with Gasteiger partial charge in [-0.25, -0.2) is 0 Å². The van der Waals surface area contributed by atoms with Crippen molar-refractivity contribution in [2.75, 3.05) is 27.9 Å². The van der Waals surface area contributed by atoms with E-state index in [0.717, 1.165) is 0 Å². The molecule has 4 N–H and O–H groups in total. The van der Waals surface area contributed by atoms with Crippen LogP contribution in [0.4, 0.5) is 0 Å². The summed E-state index contributed by atoms with van der Waals surface area (Å²) < 4.78 is 32.7. The van der Waals surface area contributed by atoms with E-state index in [1.165, 1.54) is 33.5 Å². The third-order valence-electron chi connectivity index (χ3n) is 5.48. The highest BCUT2D eigenvalue weighted by atomic mass is 16.7. The number of benzene rings is 2. The van der Waals surface area contributed by atoms with Gasteiger partial charge >= 0.3 is 0 Å². The number of rotatable bonds is 6. The van der Waals surface area contributed by atoms with Crippen molar-refractivity contribution >= 4 is 11.0 Å². The number of aliphatic hydroxyl groups excluding tert-OH is 3. The first-order valence-electron chi connectivity index (χ1n) is 10.2. The highest BCUT2D eigenvalue weighted by molar-refractivity contribution is 5.88. The van der Waals surface area contributed by atoms with Crippen LogP contribution in [0.25, 0.3) is 22.3 Å². The SMILES string of the molecule is COc1cc(O)c2c(=O)c(O[C@@H]3OC[C@H](O)C(O)C3O)c(-c3ccc(OC)c(OC)c3)oc2c1. The molecule has 11 nitrogen and oxygen atoms in total. The minimum Gasteiger partial charge on any atom is -0.507 e. The van der Waals surface area contributed by atoms with Crippen LogP contribution in [0.3, 0.4) is 0 Å². The first-order valence-corrected chi connectivity index (χ1v) is 10.2. The Hall–Kier alpha value is -3.51. The van der Waals surface area contributed by atoms with Gasteiger partial charge in [-0.3, -0.25) is 4.79 Å². The largest absolute Gasteiger partial charge is 0.507 e. The van der Waals surface area contributed by atoms with Gasteiger partial charge in [-0.2, -0.15) is 0 Å². The molecule has 0 radical (unpaired) electrons. The van der Waals surface area contributed by atoms with E-state index in [1.54, 1.807) is 18.2 Å². The molecule has 34 heavy (non-hydrogen) atoms. The zero-order valence-electron chi connectivity index (χ0n) is 18.5. The van der Waals surface area contributed by atoms with Gasteiger partial charge in [-0.1, -0.05) is 0 Å². The number of phenolic OH excluding ortho intramolecular Hbond substituents is 1. The molecule has 0 aliphatic carbocycles. The first kappa shape index (κ1) is 23.6. The van der Waals surface area contributed by atoms with Crippen molar-refractivity contribution in [2.24, 2.45) is 0 Å². The lowest BCUT2D eigenvalue weighted by atomic mass is 10.1. The Morgan fingerprint density at radius 2 is 1.68 bits per heavy atom. The number of phenols is 1. The van der Waals surface area contributed by atoms with E-state index in [1.807, 2.05) is 0 Å². The van der Waals surface area contributed by atoms with Crippen molar-refractivity contribution in [1.29, 1.82) is 0 Å². The van der Waals surface area contributed by atoms with Gasteiger partial charge in [-0.15, -0.1) is 0 Å². The van der Waals surface area contributed by atoms with Crippen molar-refractivity contribution in [3.63, 3.8) is 0 Å². The summed E-state index contributed by atoms with van der Waals surface area (Å²) in [5.41, 5.74) is -0.401. The average Bonchev–Trinajstić information content (AvgIpc) is 2.84. The van der Waals surface area contributed by atoms with Gasteiger partial charge < -0.3 is 48.5 Å². The van der Waals surface area contributed by atoms with Crippen LogP contribution in [0, 0.1) is 0 Å². The van der Waals surface area contributed by atoms with E-state index in [-0.39, 0.29) is 29.1 Å². The summed E-state index contributed by atoms with van der Waals surface area (Å²) in [5.74, 6) is 0.153. The molecule has 2 unspecified atom stereocenters. The molecular formula is C23H24O11. The van der Waals surface area contributed by atoms with Crippen LogP contribution >= 0.6 is 0 Å². The number of methoxy groups -OCH3 is 3. The van der Waals surface area contributed by atoms with Crippen molar-refractivity contribution in [3.05, 3.63) is 40.6 Å². The molecular weight excluding hydrogens is 452 g/mol. The molecule has 1 saturated heterocycles. The molecule has 3 aromatic rings. The quantitative estimate of drug-likeness (QED) is 0.402. The zero-order chi connectivity index (χ0) is 24.6. The molecule has 4 rings (SSSR count). The minimum atomic E-state index is -1.67. The van der Waals surface area contributed by atoms with Crippen molar-refractivity contribution in [2.45, 2.75) is 24.6 Å². The molecule has 0 amide bonds. The summed E-state index contributed by atoms with van der Waals surface area (Å²) in [6, 6.07) is 7.40. The van der Waals surface area contributed by atoms with Gasteiger partial charge in [0, 0.05) is 17.7 Å². The Labute approximate surface area is 193 Å². The second-order valence-electron chi connectivity index (χ2n) is 7.55. The summed E-state index contributed by atoms with van der Waals surface area (Å²) in [6.45, 7) is -0.337. The Balaban J connectivity index is 1.93. The summed E-state index contributed by atoms with van der Waals surface area (Å²) in [4.78, 5) is 13.5. The van der Waals surface area contributed by atoms with E-state index >= 15 is 0 Å². The lowest BCUT2D eigenvalue weighted by Gasteiger charge is -2.34. The fourth-order valence-electron chi connectivity index (χ4n) is 3.65. The Bertz CT molecular complexity index is 1250. The van der Waals surface area contributed by atoms with E-state index in [0.29, 0.717) is 17.1 Å². The number of hydrogen-bond acceptors (Lipinski definition) is 11. The van der Waals surface area contributed by atoms with E-state index in [4.69, 9.17) is 28.1 Å². The van der Waals surface area contributed by atoms with E-state index in [9.17, 15) is 25.2 Å². The predicted octanol–water partition coefficient (Wildman–Crippen LogP) is 1.01. The molecule has 11 heteroatoms. The van der Waals surface area contributed by atoms with Crippen LogP contribution < -0.4 is 24.4 Å². The second kappa shape index (κ2) is 9.39. The maximum absolute atomic E-state index is 13.5. The molecule has 0 bridgehead atoms. The fraction of sp³-hybridized carbons (Fsp3) is 0.348. The average molecular weight is 476 g/mol. The molecule has 1 aliphatic rings. The van der Waals surface area contributed by atoms with E-state index in [2.05, 4.69) is 0 Å².